The van der Waals surface area contributed by atoms with Crippen molar-refractivity contribution in [1.29, 1.82) is 0 Å². The lowest BCUT2D eigenvalue weighted by Crippen LogP contribution is -2.02. The molecule has 0 aliphatic heterocycles. The monoisotopic (exact) mass is 298 g/mol. The number of tetrazole rings is 1. The molecule has 0 saturated heterocycles. The van der Waals surface area contributed by atoms with Gasteiger partial charge in [0.2, 0.25) is 0 Å². The largest absolute Gasteiger partial charge is 0.228 e. The Bertz CT molecular complexity index is 720. The molecule has 0 amide bonds. The van der Waals surface area contributed by atoms with Crippen LogP contribution >= 0.6 is 11.8 Å². The summed E-state index contributed by atoms with van der Waals surface area (Å²) in [6.07, 6.45) is 0. The van der Waals surface area contributed by atoms with E-state index in [1.807, 2.05) is 50.2 Å². The maximum Gasteiger partial charge on any atom is 0.188 e. The predicted molar refractivity (Wildman–Crippen MR) is 80.2 cm³/mol. The third-order valence-electron chi connectivity index (χ3n) is 2.83. The molecule has 0 unspecified atom stereocenters. The van der Waals surface area contributed by atoms with Crippen LogP contribution in [0.4, 0.5) is 0 Å². The van der Waals surface area contributed by atoms with E-state index < -0.39 is 0 Å². The number of nitrogens with zero attached hydrogens (tertiary/aromatic N) is 6. The molecule has 2 heterocycles. The van der Waals surface area contributed by atoms with Crippen molar-refractivity contribution in [3.05, 3.63) is 53.6 Å². The minimum Gasteiger partial charge on any atom is -0.228 e. The van der Waals surface area contributed by atoms with Crippen LogP contribution < -0.4 is 0 Å². The molecule has 0 radical (unpaired) electrons. The van der Waals surface area contributed by atoms with Crippen molar-refractivity contribution in [3.63, 3.8) is 0 Å². The number of benzene rings is 1. The van der Waals surface area contributed by atoms with Crippen LogP contribution in [0, 0.1) is 13.8 Å². The van der Waals surface area contributed by atoms with Crippen LogP contribution in [-0.4, -0.2) is 30.2 Å². The highest BCUT2D eigenvalue weighted by Crippen LogP contribution is 2.19. The van der Waals surface area contributed by atoms with Gasteiger partial charge in [-0.05, 0) is 42.5 Å². The fourth-order valence-electron chi connectivity index (χ4n) is 1.95. The summed E-state index contributed by atoms with van der Waals surface area (Å²) in [6.45, 7) is 3.93. The number of para-hydroxylation sites is 1. The van der Waals surface area contributed by atoms with Crippen molar-refractivity contribution in [3.8, 4) is 5.69 Å². The second-order valence-corrected chi connectivity index (χ2v) is 5.51. The molecule has 21 heavy (non-hydrogen) atoms. The van der Waals surface area contributed by atoms with Gasteiger partial charge in [0.05, 0.1) is 11.4 Å². The van der Waals surface area contributed by atoms with Gasteiger partial charge < -0.3 is 0 Å². The average Bonchev–Trinajstić information content (AvgIpc) is 2.93. The average molecular weight is 298 g/mol. The van der Waals surface area contributed by atoms with Crippen molar-refractivity contribution in [1.82, 2.24) is 30.2 Å². The molecule has 0 bridgehead atoms. The van der Waals surface area contributed by atoms with Gasteiger partial charge in [-0.15, -0.1) is 5.10 Å². The maximum absolute atomic E-state index is 4.41. The number of thioether (sulfide) groups is 1. The molecule has 1 aromatic carbocycles. The maximum atomic E-state index is 4.41. The van der Waals surface area contributed by atoms with Gasteiger partial charge in [-0.25, -0.2) is 9.97 Å². The fourth-order valence-corrected chi connectivity index (χ4v) is 2.81. The van der Waals surface area contributed by atoms with E-state index in [2.05, 4.69) is 25.5 Å². The zero-order valence-corrected chi connectivity index (χ0v) is 12.6. The highest BCUT2D eigenvalue weighted by molar-refractivity contribution is 7.98. The lowest BCUT2D eigenvalue weighted by Gasteiger charge is -2.04. The number of aromatic nitrogens is 6. The molecule has 0 spiro atoms. The van der Waals surface area contributed by atoms with Gasteiger partial charge in [0.1, 0.15) is 0 Å². The van der Waals surface area contributed by atoms with Crippen molar-refractivity contribution in [2.24, 2.45) is 0 Å². The first-order valence-electron chi connectivity index (χ1n) is 6.50. The molecule has 6 nitrogen and oxygen atoms in total. The lowest BCUT2D eigenvalue weighted by molar-refractivity contribution is 0.777. The number of aryl methyl sites for hydroxylation is 2. The summed E-state index contributed by atoms with van der Waals surface area (Å²) in [4.78, 5) is 8.82. The van der Waals surface area contributed by atoms with Crippen molar-refractivity contribution < 1.29 is 0 Å². The van der Waals surface area contributed by atoms with E-state index in [4.69, 9.17) is 0 Å². The van der Waals surface area contributed by atoms with Crippen LogP contribution in [0.25, 0.3) is 5.69 Å². The molecule has 0 aliphatic rings. The molecule has 3 aromatic rings. The molecular weight excluding hydrogens is 284 g/mol. The second-order valence-electron chi connectivity index (χ2n) is 4.56. The minimum atomic E-state index is 0.616. The Kier molecular flexibility index (Phi) is 3.92. The number of hydrogen-bond acceptors (Lipinski definition) is 6. The van der Waals surface area contributed by atoms with E-state index in [1.54, 1.807) is 4.68 Å². The van der Waals surface area contributed by atoms with Gasteiger partial charge >= 0.3 is 0 Å². The third kappa shape index (κ3) is 3.25. The topological polar surface area (TPSA) is 69.4 Å². The Labute approximate surface area is 126 Å². The number of hydrogen-bond donors (Lipinski definition) is 0. The minimum absolute atomic E-state index is 0.616. The van der Waals surface area contributed by atoms with Gasteiger partial charge in [-0.3, -0.25) is 0 Å². The van der Waals surface area contributed by atoms with Gasteiger partial charge in [-0.1, -0.05) is 30.0 Å². The van der Waals surface area contributed by atoms with E-state index in [0.717, 1.165) is 28.1 Å². The molecule has 0 N–H and O–H groups in total. The van der Waals surface area contributed by atoms with Crippen molar-refractivity contribution in [2.45, 2.75) is 24.8 Å². The highest BCUT2D eigenvalue weighted by atomic mass is 32.2. The first-order valence-corrected chi connectivity index (χ1v) is 7.49. The summed E-state index contributed by atoms with van der Waals surface area (Å²) in [5.41, 5.74) is 2.87. The summed E-state index contributed by atoms with van der Waals surface area (Å²) in [5, 5.41) is 12.6. The van der Waals surface area contributed by atoms with Gasteiger partial charge in [-0.2, -0.15) is 4.68 Å². The van der Waals surface area contributed by atoms with Crippen LogP contribution in [0.2, 0.25) is 0 Å². The lowest BCUT2D eigenvalue weighted by atomic mass is 10.3. The SMILES string of the molecule is Cc1cc(C)nc(SCc2nnnn2-c2ccccc2)n1. The molecule has 0 fully saturated rings. The Morgan fingerprint density at radius 3 is 2.48 bits per heavy atom. The second kappa shape index (κ2) is 6.01. The Hall–Kier alpha value is -2.28. The highest BCUT2D eigenvalue weighted by Gasteiger charge is 2.10. The number of rotatable bonds is 4. The van der Waals surface area contributed by atoms with Gasteiger partial charge in [0.25, 0.3) is 0 Å². The first-order chi connectivity index (χ1) is 10.2. The van der Waals surface area contributed by atoms with Crippen LogP contribution in [0.3, 0.4) is 0 Å². The van der Waals surface area contributed by atoms with Crippen LogP contribution in [-0.2, 0) is 5.75 Å². The normalized spacial score (nSPS) is 10.8. The van der Waals surface area contributed by atoms with Crippen LogP contribution in [0.1, 0.15) is 17.2 Å². The molecular formula is C14H14N6S. The van der Waals surface area contributed by atoms with Gasteiger partial charge in [0.15, 0.2) is 11.0 Å². The summed E-state index contributed by atoms with van der Waals surface area (Å²) in [6, 6.07) is 11.8. The van der Waals surface area contributed by atoms with Gasteiger partial charge in [0, 0.05) is 11.4 Å². The molecule has 3 rings (SSSR count). The first kappa shape index (κ1) is 13.7. The van der Waals surface area contributed by atoms with Crippen LogP contribution in [0.15, 0.2) is 41.6 Å². The molecule has 0 atom stereocenters. The van der Waals surface area contributed by atoms with E-state index in [0.29, 0.717) is 5.75 Å². The Morgan fingerprint density at radius 1 is 1.05 bits per heavy atom. The third-order valence-corrected chi connectivity index (χ3v) is 3.67. The summed E-state index contributed by atoms with van der Waals surface area (Å²) in [5.74, 6) is 1.39. The fraction of sp³-hybridized carbons (Fsp3) is 0.214. The molecule has 7 heteroatoms. The zero-order valence-electron chi connectivity index (χ0n) is 11.8. The van der Waals surface area contributed by atoms with E-state index in [-0.39, 0.29) is 0 Å². The zero-order chi connectivity index (χ0) is 14.7. The Morgan fingerprint density at radius 2 is 1.76 bits per heavy atom. The summed E-state index contributed by atoms with van der Waals surface area (Å²) in [7, 11) is 0. The molecule has 106 valence electrons. The predicted octanol–water partition coefficient (Wildman–Crippen LogP) is 2.36. The molecule has 0 aliphatic carbocycles. The standard InChI is InChI=1S/C14H14N6S/c1-10-8-11(2)16-14(15-10)21-9-13-17-18-19-20(13)12-6-4-3-5-7-12/h3-8H,9H2,1-2H3. The van der Waals surface area contributed by atoms with E-state index in [9.17, 15) is 0 Å². The quantitative estimate of drug-likeness (QED) is 0.544. The summed E-state index contributed by atoms with van der Waals surface area (Å²) >= 11 is 1.53. The van der Waals surface area contributed by atoms with E-state index >= 15 is 0 Å². The van der Waals surface area contributed by atoms with E-state index in [1.165, 1.54) is 11.8 Å². The molecule has 2 aromatic heterocycles. The summed E-state index contributed by atoms with van der Waals surface area (Å²) < 4.78 is 1.73. The van der Waals surface area contributed by atoms with Crippen molar-refractivity contribution in [2.75, 3.05) is 0 Å². The van der Waals surface area contributed by atoms with Crippen molar-refractivity contribution >= 4 is 11.8 Å². The Balaban J connectivity index is 1.79. The molecule has 0 saturated carbocycles. The smallest absolute Gasteiger partial charge is 0.188 e. The van der Waals surface area contributed by atoms with Crippen LogP contribution in [0.5, 0.6) is 0 Å².